The maximum atomic E-state index is 14.6. The molecule has 2 heterocycles. The number of carbonyl (C=O) groups is 2. The zero-order valence-electron chi connectivity index (χ0n) is 19.8. The summed E-state index contributed by atoms with van der Waals surface area (Å²) in [6.45, 7) is 1.03. The van der Waals surface area contributed by atoms with Gasteiger partial charge < -0.3 is 11.1 Å². The third-order valence-corrected chi connectivity index (χ3v) is 6.76. The number of halogens is 4. The van der Waals surface area contributed by atoms with Crippen molar-refractivity contribution in [2.24, 2.45) is 5.73 Å². The molecular formula is C24H19F4N5O4S. The van der Waals surface area contributed by atoms with Crippen LogP contribution in [-0.4, -0.2) is 41.3 Å². The number of rotatable bonds is 6. The van der Waals surface area contributed by atoms with E-state index in [0.717, 1.165) is 23.1 Å². The van der Waals surface area contributed by atoms with Crippen molar-refractivity contribution in [3.8, 4) is 0 Å². The van der Waals surface area contributed by atoms with Crippen LogP contribution in [0, 0.1) is 12.7 Å². The highest BCUT2D eigenvalue weighted by atomic mass is 32.2. The first-order valence-electron chi connectivity index (χ1n) is 10.8. The number of primary amides is 1. The number of nitrogens with one attached hydrogen (secondary N) is 1. The molecule has 0 aliphatic rings. The van der Waals surface area contributed by atoms with E-state index in [4.69, 9.17) is 5.73 Å². The average Bonchev–Trinajstić information content (AvgIpc) is 3.13. The van der Waals surface area contributed by atoms with E-state index in [2.05, 4.69) is 15.4 Å². The molecule has 4 rings (SSSR count). The second kappa shape index (κ2) is 9.52. The lowest BCUT2D eigenvalue weighted by atomic mass is 10.1. The van der Waals surface area contributed by atoms with Gasteiger partial charge in [0.25, 0.3) is 11.8 Å². The molecule has 0 atom stereocenters. The lowest BCUT2D eigenvalue weighted by Gasteiger charge is -2.12. The molecule has 14 heteroatoms. The molecular weight excluding hydrogens is 530 g/mol. The molecule has 0 unspecified atom stereocenters. The van der Waals surface area contributed by atoms with Crippen LogP contribution in [-0.2, 0) is 22.6 Å². The minimum Gasteiger partial charge on any atom is -0.364 e. The topological polar surface area (TPSA) is 137 Å². The number of fused-ring (bicyclic) bond motifs is 1. The van der Waals surface area contributed by atoms with Gasteiger partial charge in [-0.25, -0.2) is 17.8 Å². The van der Waals surface area contributed by atoms with Crippen molar-refractivity contribution in [2.45, 2.75) is 24.5 Å². The summed E-state index contributed by atoms with van der Waals surface area (Å²) in [5, 5.41) is 5.44. The first-order valence-corrected chi connectivity index (χ1v) is 12.7. The van der Waals surface area contributed by atoms with Crippen LogP contribution in [0.15, 0.2) is 53.4 Å². The Bertz CT molecular complexity index is 1720. The third kappa shape index (κ3) is 5.20. The molecule has 0 radical (unpaired) electrons. The van der Waals surface area contributed by atoms with Gasteiger partial charge in [0.15, 0.2) is 15.5 Å². The monoisotopic (exact) mass is 549 g/mol. The van der Waals surface area contributed by atoms with Gasteiger partial charge in [0.1, 0.15) is 11.5 Å². The Morgan fingerprint density at radius 3 is 2.42 bits per heavy atom. The van der Waals surface area contributed by atoms with Crippen LogP contribution in [0.1, 0.15) is 37.8 Å². The summed E-state index contributed by atoms with van der Waals surface area (Å²) in [5.41, 5.74) is 2.45. The molecule has 3 N–H and O–H groups in total. The summed E-state index contributed by atoms with van der Waals surface area (Å²) in [6.07, 6.45) is -3.99. The summed E-state index contributed by atoms with van der Waals surface area (Å²) < 4.78 is 81.0. The van der Waals surface area contributed by atoms with E-state index in [-0.39, 0.29) is 33.7 Å². The predicted molar refractivity (Wildman–Crippen MR) is 129 cm³/mol. The number of pyridine rings is 1. The molecule has 2 amide bonds. The van der Waals surface area contributed by atoms with Crippen molar-refractivity contribution in [2.75, 3.05) is 11.6 Å². The third-order valence-electron chi connectivity index (χ3n) is 5.65. The van der Waals surface area contributed by atoms with Crippen molar-refractivity contribution in [1.29, 1.82) is 0 Å². The van der Waals surface area contributed by atoms with Gasteiger partial charge in [-0.1, -0.05) is 18.2 Å². The fraction of sp³-hybridized carbons (Fsp3) is 0.167. The number of sulfone groups is 1. The quantitative estimate of drug-likeness (QED) is 0.352. The molecule has 0 saturated heterocycles. The van der Waals surface area contributed by atoms with Crippen molar-refractivity contribution < 1.29 is 35.6 Å². The highest BCUT2D eigenvalue weighted by molar-refractivity contribution is 7.90. The Kier molecular flexibility index (Phi) is 6.69. The lowest BCUT2D eigenvalue weighted by Crippen LogP contribution is -2.20. The average molecular weight is 550 g/mol. The van der Waals surface area contributed by atoms with Crippen LogP contribution in [0.2, 0.25) is 0 Å². The SMILES string of the molecule is Cc1c(NC(=O)c2cc(C(N)=O)nc3cccc(F)c23)c(C(F)(F)F)nn1Cc1cccc(S(C)(=O)=O)c1. The maximum Gasteiger partial charge on any atom is 0.437 e. The fourth-order valence-corrected chi connectivity index (χ4v) is 4.52. The molecule has 2 aromatic carbocycles. The normalized spacial score (nSPS) is 12.1. The smallest absolute Gasteiger partial charge is 0.364 e. The number of aromatic nitrogens is 3. The van der Waals surface area contributed by atoms with Crippen LogP contribution in [0.5, 0.6) is 0 Å². The molecule has 0 bridgehead atoms. The predicted octanol–water partition coefficient (Wildman–Crippen LogP) is 3.70. The number of hydrogen-bond donors (Lipinski definition) is 2. The number of amides is 2. The van der Waals surface area contributed by atoms with Crippen LogP contribution >= 0.6 is 0 Å². The largest absolute Gasteiger partial charge is 0.437 e. The minimum atomic E-state index is -4.99. The number of alkyl halides is 3. The number of anilines is 1. The molecule has 2 aromatic heterocycles. The minimum absolute atomic E-state index is 0.0266. The Balaban J connectivity index is 1.79. The zero-order valence-corrected chi connectivity index (χ0v) is 20.6. The maximum absolute atomic E-state index is 14.6. The molecule has 4 aromatic rings. The second-order valence-electron chi connectivity index (χ2n) is 8.39. The Hall–Kier alpha value is -4.33. The molecule has 38 heavy (non-hydrogen) atoms. The van der Waals surface area contributed by atoms with Crippen molar-refractivity contribution in [3.05, 3.63) is 82.6 Å². The van der Waals surface area contributed by atoms with E-state index in [1.165, 1.54) is 43.3 Å². The molecule has 0 aliphatic heterocycles. The standard InChI is InChI=1S/C24H19F4N5O4S/c1-12-20(31-23(35)15-10-18(22(29)34)30-17-8-4-7-16(25)19(15)17)21(24(26,27)28)32-33(12)11-13-5-3-6-14(9-13)38(2,36)37/h3-10H,11H2,1-2H3,(H2,29,34)(H,31,35). The number of hydrogen-bond acceptors (Lipinski definition) is 6. The number of nitrogens with two attached hydrogens (primary N) is 1. The van der Waals surface area contributed by atoms with Gasteiger partial charge in [0.2, 0.25) is 0 Å². The molecule has 9 nitrogen and oxygen atoms in total. The van der Waals surface area contributed by atoms with Crippen LogP contribution in [0.25, 0.3) is 10.9 Å². The molecule has 0 fully saturated rings. The first kappa shape index (κ1) is 26.7. The fourth-order valence-electron chi connectivity index (χ4n) is 3.83. The van der Waals surface area contributed by atoms with Gasteiger partial charge >= 0.3 is 6.18 Å². The molecule has 0 aliphatic carbocycles. The zero-order chi connectivity index (χ0) is 28.0. The van der Waals surface area contributed by atoms with Gasteiger partial charge in [-0.2, -0.15) is 18.3 Å². The number of benzene rings is 2. The van der Waals surface area contributed by atoms with E-state index < -0.39 is 50.6 Å². The van der Waals surface area contributed by atoms with Gasteiger partial charge in [-0.05, 0) is 42.8 Å². The van der Waals surface area contributed by atoms with Crippen LogP contribution in [0.4, 0.5) is 23.2 Å². The first-order chi connectivity index (χ1) is 17.7. The Morgan fingerprint density at radius 2 is 1.79 bits per heavy atom. The highest BCUT2D eigenvalue weighted by Gasteiger charge is 2.39. The van der Waals surface area contributed by atoms with Crippen molar-refractivity contribution in [3.63, 3.8) is 0 Å². The molecule has 198 valence electrons. The summed E-state index contributed by atoms with van der Waals surface area (Å²) in [4.78, 5) is 28.8. The van der Waals surface area contributed by atoms with Gasteiger partial charge in [0, 0.05) is 11.6 Å². The summed E-state index contributed by atoms with van der Waals surface area (Å²) in [6, 6.07) is 10.1. The van der Waals surface area contributed by atoms with E-state index in [9.17, 15) is 35.6 Å². The van der Waals surface area contributed by atoms with Gasteiger partial charge in [-0.3, -0.25) is 14.3 Å². The van der Waals surface area contributed by atoms with E-state index in [1.54, 1.807) is 0 Å². The summed E-state index contributed by atoms with van der Waals surface area (Å²) in [5.74, 6) is -3.07. The van der Waals surface area contributed by atoms with Crippen molar-refractivity contribution in [1.82, 2.24) is 14.8 Å². The number of nitrogens with zero attached hydrogens (tertiary/aromatic N) is 3. The van der Waals surface area contributed by atoms with Crippen molar-refractivity contribution >= 4 is 38.2 Å². The Morgan fingerprint density at radius 1 is 1.11 bits per heavy atom. The summed E-state index contributed by atoms with van der Waals surface area (Å²) >= 11 is 0. The Labute approximate surface area is 213 Å². The van der Waals surface area contributed by atoms with Crippen LogP contribution in [0.3, 0.4) is 0 Å². The molecule has 0 spiro atoms. The van der Waals surface area contributed by atoms with Gasteiger partial charge in [0.05, 0.1) is 33.9 Å². The van der Waals surface area contributed by atoms with E-state index in [0.29, 0.717) is 5.56 Å². The van der Waals surface area contributed by atoms with E-state index in [1.807, 2.05) is 0 Å². The lowest BCUT2D eigenvalue weighted by molar-refractivity contribution is -0.140. The summed E-state index contributed by atoms with van der Waals surface area (Å²) in [7, 11) is -3.57. The second-order valence-corrected chi connectivity index (χ2v) is 10.4. The highest BCUT2D eigenvalue weighted by Crippen LogP contribution is 2.36. The molecule has 0 saturated carbocycles. The van der Waals surface area contributed by atoms with Gasteiger partial charge in [-0.15, -0.1) is 0 Å². The van der Waals surface area contributed by atoms with E-state index >= 15 is 0 Å². The van der Waals surface area contributed by atoms with Crippen LogP contribution < -0.4 is 11.1 Å². The number of carbonyl (C=O) groups excluding carboxylic acids is 2.